The number of carbonyl (C=O) groups excluding carboxylic acids is 1. The van der Waals surface area contributed by atoms with Gasteiger partial charge in [0.1, 0.15) is 0 Å². The van der Waals surface area contributed by atoms with Crippen LogP contribution in [-0.4, -0.2) is 15.9 Å². The summed E-state index contributed by atoms with van der Waals surface area (Å²) in [7, 11) is 0. The zero-order valence-corrected chi connectivity index (χ0v) is 11.7. The molecule has 0 fully saturated rings. The molecule has 0 saturated carbocycles. The zero-order valence-electron chi connectivity index (χ0n) is 11.7. The quantitative estimate of drug-likeness (QED) is 0.759. The monoisotopic (exact) mass is 267 g/mol. The molecule has 4 heteroatoms. The average Bonchev–Trinajstić information content (AvgIpc) is 2.79. The number of aryl methyl sites for hydroxylation is 1. The molecule has 0 spiro atoms. The maximum atomic E-state index is 11.7. The highest BCUT2D eigenvalue weighted by atomic mass is 16.1. The highest BCUT2D eigenvalue weighted by Gasteiger charge is 2.08. The molecule has 4 nitrogen and oxygen atoms in total. The molecule has 3 aromatic rings. The molecule has 0 saturated heterocycles. The number of hydrogen-bond acceptors (Lipinski definition) is 2. The fourth-order valence-corrected chi connectivity index (χ4v) is 2.49. The molecule has 102 valence electrons. The van der Waals surface area contributed by atoms with Crippen LogP contribution >= 0.6 is 0 Å². The number of pyridine rings is 1. The van der Waals surface area contributed by atoms with E-state index < -0.39 is 0 Å². The van der Waals surface area contributed by atoms with Gasteiger partial charge in [-0.2, -0.15) is 0 Å². The Kier molecular flexibility index (Phi) is 3.14. The molecule has 20 heavy (non-hydrogen) atoms. The first kappa shape index (κ1) is 12.7. The van der Waals surface area contributed by atoms with Gasteiger partial charge >= 0.3 is 0 Å². The summed E-state index contributed by atoms with van der Waals surface area (Å²) in [6.07, 6.45) is 3.22. The van der Waals surface area contributed by atoms with Crippen molar-refractivity contribution in [2.75, 3.05) is 5.32 Å². The second kappa shape index (κ2) is 4.96. The molecule has 3 rings (SSSR count). The lowest BCUT2D eigenvalue weighted by Crippen LogP contribution is -2.10. The fraction of sp³-hybridized carbons (Fsp3) is 0.250. The normalized spacial score (nSPS) is 11.1. The van der Waals surface area contributed by atoms with E-state index in [1.807, 2.05) is 44.3 Å². The number of rotatable bonds is 3. The number of hydrogen-bond donors (Lipinski definition) is 2. The topological polar surface area (TPSA) is 57.8 Å². The van der Waals surface area contributed by atoms with Gasteiger partial charge in [0.2, 0.25) is 5.91 Å². The summed E-state index contributed by atoms with van der Waals surface area (Å²) >= 11 is 0. The molecule has 0 bridgehead atoms. The number of nitrogens with one attached hydrogen (secondary N) is 2. The van der Waals surface area contributed by atoms with Gasteiger partial charge in [-0.3, -0.25) is 9.78 Å². The van der Waals surface area contributed by atoms with Gasteiger partial charge in [-0.05, 0) is 37.6 Å². The van der Waals surface area contributed by atoms with Crippen molar-refractivity contribution in [2.45, 2.75) is 26.7 Å². The second-order valence-electron chi connectivity index (χ2n) is 5.00. The average molecular weight is 267 g/mol. The molecule has 0 aliphatic heterocycles. The largest absolute Gasteiger partial charge is 0.353 e. The first-order valence-electron chi connectivity index (χ1n) is 6.86. The van der Waals surface area contributed by atoms with Crippen LogP contribution < -0.4 is 5.32 Å². The Labute approximate surface area is 117 Å². The number of anilines is 1. The van der Waals surface area contributed by atoms with Crippen molar-refractivity contribution in [3.63, 3.8) is 0 Å². The van der Waals surface area contributed by atoms with E-state index in [1.165, 1.54) is 0 Å². The smallest absolute Gasteiger partial charge is 0.224 e. The van der Waals surface area contributed by atoms with E-state index in [0.29, 0.717) is 6.42 Å². The summed E-state index contributed by atoms with van der Waals surface area (Å²) in [5.41, 5.74) is 3.94. The van der Waals surface area contributed by atoms with Crippen LogP contribution in [0.3, 0.4) is 0 Å². The van der Waals surface area contributed by atoms with Crippen molar-refractivity contribution in [1.82, 2.24) is 9.97 Å². The molecule has 2 N–H and O–H groups in total. The fourth-order valence-electron chi connectivity index (χ4n) is 2.49. The number of nitrogens with zero attached hydrogens (tertiary/aromatic N) is 1. The van der Waals surface area contributed by atoms with Gasteiger partial charge < -0.3 is 10.3 Å². The minimum absolute atomic E-state index is 0.0598. The number of benzene rings is 1. The lowest BCUT2D eigenvalue weighted by atomic mass is 10.1. The van der Waals surface area contributed by atoms with Gasteiger partial charge in [0, 0.05) is 34.6 Å². The predicted molar refractivity (Wildman–Crippen MR) is 81.9 cm³/mol. The van der Waals surface area contributed by atoms with Crippen LogP contribution in [0.15, 0.2) is 30.5 Å². The van der Waals surface area contributed by atoms with Crippen LogP contribution in [-0.2, 0) is 4.79 Å². The Morgan fingerprint density at radius 2 is 2.15 bits per heavy atom. The number of aromatic nitrogens is 2. The zero-order chi connectivity index (χ0) is 14.1. The second-order valence-corrected chi connectivity index (χ2v) is 5.00. The molecule has 2 heterocycles. The third kappa shape index (κ3) is 2.13. The Morgan fingerprint density at radius 1 is 1.30 bits per heavy atom. The Morgan fingerprint density at radius 3 is 2.95 bits per heavy atom. The number of carbonyl (C=O) groups is 1. The van der Waals surface area contributed by atoms with Gasteiger partial charge in [-0.25, -0.2) is 0 Å². The van der Waals surface area contributed by atoms with Gasteiger partial charge in [0.15, 0.2) is 0 Å². The van der Waals surface area contributed by atoms with Gasteiger partial charge in [-0.1, -0.05) is 6.92 Å². The van der Waals surface area contributed by atoms with Gasteiger partial charge in [-0.15, -0.1) is 0 Å². The lowest BCUT2D eigenvalue weighted by molar-refractivity contribution is -0.116. The SMILES string of the molecule is CCCC(=O)Nc1ccc2[nH]c3c(C)nccc3c2c1. The molecule has 1 amide bonds. The maximum absolute atomic E-state index is 11.7. The van der Waals surface area contributed by atoms with E-state index >= 15 is 0 Å². The van der Waals surface area contributed by atoms with Crippen LogP contribution in [0.4, 0.5) is 5.69 Å². The van der Waals surface area contributed by atoms with E-state index in [2.05, 4.69) is 15.3 Å². The number of fused-ring (bicyclic) bond motifs is 3. The molecular weight excluding hydrogens is 250 g/mol. The molecule has 0 aliphatic rings. The van der Waals surface area contributed by atoms with Crippen LogP contribution in [0.5, 0.6) is 0 Å². The van der Waals surface area contributed by atoms with Crippen LogP contribution in [0, 0.1) is 6.92 Å². The number of amides is 1. The third-order valence-corrected chi connectivity index (χ3v) is 3.47. The van der Waals surface area contributed by atoms with E-state index in [1.54, 1.807) is 0 Å². The minimum atomic E-state index is 0.0598. The Balaban J connectivity index is 2.08. The lowest BCUT2D eigenvalue weighted by Gasteiger charge is -2.04. The summed E-state index contributed by atoms with van der Waals surface area (Å²) in [6, 6.07) is 7.93. The molecule has 1 aromatic carbocycles. The van der Waals surface area contributed by atoms with Crippen molar-refractivity contribution in [3.05, 3.63) is 36.2 Å². The van der Waals surface area contributed by atoms with Crippen molar-refractivity contribution < 1.29 is 4.79 Å². The highest BCUT2D eigenvalue weighted by molar-refractivity contribution is 6.09. The summed E-state index contributed by atoms with van der Waals surface area (Å²) in [5.74, 6) is 0.0598. The standard InChI is InChI=1S/C16H17N3O/c1-3-4-15(20)18-11-5-6-14-13(9-11)12-7-8-17-10(2)16(12)19-14/h5-9,19H,3-4H2,1-2H3,(H,18,20). The predicted octanol–water partition coefficient (Wildman–Crippen LogP) is 3.76. The first-order chi connectivity index (χ1) is 9.69. The van der Waals surface area contributed by atoms with Crippen molar-refractivity contribution in [3.8, 4) is 0 Å². The molecule has 0 aliphatic carbocycles. The summed E-state index contributed by atoms with van der Waals surface area (Å²) < 4.78 is 0. The Hall–Kier alpha value is -2.36. The summed E-state index contributed by atoms with van der Waals surface area (Å²) in [6.45, 7) is 3.99. The summed E-state index contributed by atoms with van der Waals surface area (Å²) in [5, 5.41) is 5.18. The van der Waals surface area contributed by atoms with Crippen LogP contribution in [0.25, 0.3) is 21.8 Å². The van der Waals surface area contributed by atoms with E-state index in [4.69, 9.17) is 0 Å². The molecule has 0 unspecified atom stereocenters. The van der Waals surface area contributed by atoms with Crippen molar-refractivity contribution >= 4 is 33.4 Å². The highest BCUT2D eigenvalue weighted by Crippen LogP contribution is 2.28. The first-order valence-corrected chi connectivity index (χ1v) is 6.86. The maximum Gasteiger partial charge on any atom is 0.224 e. The summed E-state index contributed by atoms with van der Waals surface area (Å²) in [4.78, 5) is 19.3. The molecule has 0 radical (unpaired) electrons. The van der Waals surface area contributed by atoms with Crippen molar-refractivity contribution in [1.29, 1.82) is 0 Å². The van der Waals surface area contributed by atoms with E-state index in [0.717, 1.165) is 39.6 Å². The van der Waals surface area contributed by atoms with Gasteiger partial charge in [0.05, 0.1) is 11.2 Å². The Bertz CT molecular complexity index is 789. The minimum Gasteiger partial charge on any atom is -0.353 e. The molecular formula is C16H17N3O. The van der Waals surface area contributed by atoms with Crippen LogP contribution in [0.2, 0.25) is 0 Å². The van der Waals surface area contributed by atoms with E-state index in [9.17, 15) is 4.79 Å². The van der Waals surface area contributed by atoms with Gasteiger partial charge in [0.25, 0.3) is 0 Å². The van der Waals surface area contributed by atoms with E-state index in [-0.39, 0.29) is 5.91 Å². The third-order valence-electron chi connectivity index (χ3n) is 3.47. The number of H-pyrrole nitrogens is 1. The van der Waals surface area contributed by atoms with Crippen molar-refractivity contribution in [2.24, 2.45) is 0 Å². The number of aromatic amines is 1. The molecule has 0 atom stereocenters. The van der Waals surface area contributed by atoms with Crippen LogP contribution in [0.1, 0.15) is 25.5 Å². The molecule has 2 aromatic heterocycles.